The SMILES string of the molecule is C=CC(=O)OCCO[Si](C)(CC[Si](C)(C)OC(CC)(CC)[Si](OC(CC)(CC)C(C)(CC)[Si](C)(C)OC(CC)(CC)[Si](C)(C)CC[Si](C)(OCCOC(=O)C=C)OCCOC(=O)C=C)(c1ccccc1)c1ccccc1)OCCOC(=O)C=C. The molecule has 2 rings (SSSR count). The standard InChI is InChI=1S/C63H108O15Si6/c1-21-56(64)68-42-46-72-82(19,73-47-43-69-57(65)22-2)52-50-79(13,14)62(28-8,29-9)78-81(17,18)60(12,25-5)61(26-6,27-7)76-84(54-38-34-32-35-39-54,55-40-36-33-37-41-55)63(30-10,31-11)77-80(15,16)51-53-83(20,74-48-44-70-58(66)23-3)75-49-45-71-59(67)24-4/h21-24,32-41H,1-4,25-31,42-53H2,5-20H3. The summed E-state index contributed by atoms with van der Waals surface area (Å²) < 4.78 is 72.5. The first-order chi connectivity index (χ1) is 39.5. The van der Waals surface area contributed by atoms with E-state index in [4.69, 9.17) is 49.9 Å². The van der Waals surface area contributed by atoms with Crippen molar-refractivity contribution in [2.24, 2.45) is 0 Å². The third-order valence-corrected chi connectivity index (χ3v) is 41.6. The van der Waals surface area contributed by atoms with Crippen molar-refractivity contribution in [1.82, 2.24) is 0 Å². The topological polar surface area (TPSA) is 170 Å². The Morgan fingerprint density at radius 3 is 1.05 bits per heavy atom. The maximum Gasteiger partial charge on any atom is 0.334 e. The van der Waals surface area contributed by atoms with E-state index < -0.39 is 95.1 Å². The largest absolute Gasteiger partial charge is 0.460 e. The summed E-state index contributed by atoms with van der Waals surface area (Å²) in [4.78, 5) is 47.8. The molecule has 21 heteroatoms. The van der Waals surface area contributed by atoms with Crippen LogP contribution in [0.15, 0.2) is 111 Å². The smallest absolute Gasteiger partial charge is 0.334 e. The molecule has 0 heterocycles. The van der Waals surface area contributed by atoms with E-state index >= 15 is 0 Å². The zero-order valence-corrected chi connectivity index (χ0v) is 60.5. The van der Waals surface area contributed by atoms with Crippen LogP contribution >= 0.6 is 0 Å². The number of carbonyl (C=O) groups excluding carboxylic acids is 4. The molecular formula is C63H108O15Si6. The predicted octanol–water partition coefficient (Wildman–Crippen LogP) is 13.0. The highest BCUT2D eigenvalue weighted by Gasteiger charge is 2.67. The van der Waals surface area contributed by atoms with Crippen LogP contribution in [0, 0.1) is 0 Å². The molecule has 0 N–H and O–H groups in total. The van der Waals surface area contributed by atoms with Gasteiger partial charge in [0.05, 0.1) is 45.3 Å². The second kappa shape index (κ2) is 34.7. The summed E-state index contributed by atoms with van der Waals surface area (Å²) in [5.74, 6) is -2.11. The molecule has 0 saturated carbocycles. The van der Waals surface area contributed by atoms with Crippen molar-refractivity contribution in [3.8, 4) is 0 Å². The van der Waals surface area contributed by atoms with Gasteiger partial charge in [-0.05, 0) is 113 Å². The zero-order chi connectivity index (χ0) is 63.6. The second-order valence-electron chi connectivity index (χ2n) is 23.8. The summed E-state index contributed by atoms with van der Waals surface area (Å²) >= 11 is 0. The molecule has 0 spiro atoms. The minimum absolute atomic E-state index is 0.0354. The normalized spacial score (nSPS) is 13.8. The highest BCUT2D eigenvalue weighted by molar-refractivity contribution is 7.00. The molecule has 1 unspecified atom stereocenters. The number of rotatable bonds is 45. The van der Waals surface area contributed by atoms with E-state index in [0.29, 0.717) is 31.0 Å². The molecule has 0 aliphatic heterocycles. The Balaban J connectivity index is 2.91. The Bertz CT molecular complexity index is 2280. The molecule has 0 aromatic heterocycles. The molecule has 474 valence electrons. The fourth-order valence-electron chi connectivity index (χ4n) is 12.3. The molecule has 2 aromatic carbocycles. The maximum atomic E-state index is 12.0. The number of esters is 4. The van der Waals surface area contributed by atoms with Gasteiger partial charge in [0.1, 0.15) is 26.4 Å². The molecule has 0 saturated heterocycles. The summed E-state index contributed by atoms with van der Waals surface area (Å²) in [5, 5.41) is 0.591. The minimum atomic E-state index is -3.63. The quantitative estimate of drug-likeness (QED) is 0.0202. The molecule has 0 radical (unpaired) electrons. The van der Waals surface area contributed by atoms with E-state index in [1.165, 1.54) is 0 Å². The Hall–Kier alpha value is -3.70. The van der Waals surface area contributed by atoms with E-state index in [2.05, 4.69) is 182 Å². The van der Waals surface area contributed by atoms with Crippen molar-refractivity contribution in [1.29, 1.82) is 0 Å². The lowest BCUT2D eigenvalue weighted by Crippen LogP contribution is -2.80. The molecule has 2 aromatic rings. The van der Waals surface area contributed by atoms with Crippen LogP contribution in [0.3, 0.4) is 0 Å². The van der Waals surface area contributed by atoms with Crippen LogP contribution in [0.25, 0.3) is 0 Å². The number of benzene rings is 2. The van der Waals surface area contributed by atoms with Gasteiger partial charge in [-0.3, -0.25) is 0 Å². The Labute approximate surface area is 512 Å². The Morgan fingerprint density at radius 1 is 0.417 bits per heavy atom. The van der Waals surface area contributed by atoms with Crippen LogP contribution in [0.4, 0.5) is 0 Å². The molecule has 15 nitrogen and oxygen atoms in total. The third-order valence-electron chi connectivity index (χ3n) is 18.0. The molecule has 0 aliphatic carbocycles. The van der Waals surface area contributed by atoms with E-state index in [0.717, 1.165) is 72.8 Å². The summed E-state index contributed by atoms with van der Waals surface area (Å²) in [6.45, 7) is 51.6. The number of hydrogen-bond acceptors (Lipinski definition) is 15. The highest BCUT2D eigenvalue weighted by atomic mass is 28.4. The number of carbonyl (C=O) groups is 4. The van der Waals surface area contributed by atoms with E-state index in [9.17, 15) is 19.2 Å². The molecule has 0 amide bonds. The zero-order valence-electron chi connectivity index (χ0n) is 54.5. The third kappa shape index (κ3) is 19.9. The lowest BCUT2D eigenvalue weighted by atomic mass is 9.81. The summed E-state index contributed by atoms with van der Waals surface area (Å²) in [7, 11) is -17.7. The molecule has 1 atom stereocenters. The lowest BCUT2D eigenvalue weighted by molar-refractivity contribution is -0.140. The average Bonchev–Trinajstić information content (AvgIpc) is 0.760. The first-order valence-corrected chi connectivity index (χ1v) is 46.6. The predicted molar refractivity (Wildman–Crippen MR) is 353 cm³/mol. The van der Waals surface area contributed by atoms with Crippen LogP contribution in [0.2, 0.25) is 81.6 Å². The van der Waals surface area contributed by atoms with Crippen molar-refractivity contribution < 1.29 is 69.1 Å². The van der Waals surface area contributed by atoms with Gasteiger partial charge in [0.25, 0.3) is 8.32 Å². The summed E-state index contributed by atoms with van der Waals surface area (Å²) in [6, 6.07) is 24.5. The fraction of sp³-hybridized carbons (Fsp3) is 0.619. The van der Waals surface area contributed by atoms with Crippen molar-refractivity contribution in [2.45, 2.75) is 198 Å². The maximum absolute atomic E-state index is 12.0. The summed E-state index contributed by atoms with van der Waals surface area (Å²) in [6.07, 6.45) is 9.76. The summed E-state index contributed by atoms with van der Waals surface area (Å²) in [5.41, 5.74) is -0.715. The van der Waals surface area contributed by atoms with Gasteiger partial charge < -0.3 is 49.9 Å². The fourth-order valence-corrected chi connectivity index (χ4v) is 39.9. The van der Waals surface area contributed by atoms with Crippen molar-refractivity contribution >= 4 is 84.4 Å². The molecule has 0 fully saturated rings. The van der Waals surface area contributed by atoms with Crippen molar-refractivity contribution in [3.63, 3.8) is 0 Å². The lowest BCUT2D eigenvalue weighted by Gasteiger charge is -2.62. The Morgan fingerprint density at radius 2 is 0.750 bits per heavy atom. The van der Waals surface area contributed by atoms with Crippen molar-refractivity contribution in [2.75, 3.05) is 52.9 Å². The van der Waals surface area contributed by atoms with E-state index in [1.54, 1.807) is 0 Å². The molecular weight excluding hydrogens is 1170 g/mol. The van der Waals surface area contributed by atoms with Crippen LogP contribution in [-0.4, -0.2) is 143 Å². The first-order valence-electron chi connectivity index (χ1n) is 30.4. The molecule has 0 bridgehead atoms. The number of ether oxygens (including phenoxy) is 4. The van der Waals surface area contributed by atoms with E-state index in [1.807, 2.05) is 13.1 Å². The van der Waals surface area contributed by atoms with Crippen molar-refractivity contribution in [3.05, 3.63) is 111 Å². The van der Waals surface area contributed by atoms with Crippen LogP contribution in [-0.2, 0) is 69.1 Å². The van der Waals surface area contributed by atoms with Gasteiger partial charge in [0.15, 0.2) is 16.6 Å². The van der Waals surface area contributed by atoms with Crippen LogP contribution < -0.4 is 10.4 Å². The first kappa shape index (κ1) is 76.4. The van der Waals surface area contributed by atoms with Gasteiger partial charge in [-0.15, -0.1) is 0 Å². The van der Waals surface area contributed by atoms with Crippen LogP contribution in [0.5, 0.6) is 0 Å². The second-order valence-corrected chi connectivity index (χ2v) is 47.9. The molecule has 84 heavy (non-hydrogen) atoms. The number of hydrogen-bond donors (Lipinski definition) is 0. The van der Waals surface area contributed by atoms with Gasteiger partial charge in [0, 0.05) is 34.6 Å². The molecule has 0 aliphatic rings. The minimum Gasteiger partial charge on any atom is -0.460 e. The van der Waals surface area contributed by atoms with E-state index in [-0.39, 0.29) is 52.9 Å². The van der Waals surface area contributed by atoms with Gasteiger partial charge in [0.2, 0.25) is 0 Å². The Kier molecular flexibility index (Phi) is 31.6. The monoisotopic (exact) mass is 1270 g/mol. The van der Waals surface area contributed by atoms with Gasteiger partial charge in [-0.2, -0.15) is 0 Å². The van der Waals surface area contributed by atoms with Gasteiger partial charge in [-0.25, -0.2) is 19.2 Å². The highest BCUT2D eigenvalue weighted by Crippen LogP contribution is 2.59. The van der Waals surface area contributed by atoms with Gasteiger partial charge >= 0.3 is 41.0 Å². The average molecular weight is 1270 g/mol. The van der Waals surface area contributed by atoms with Gasteiger partial charge in [-0.1, -0.05) is 162 Å². The van der Waals surface area contributed by atoms with Crippen LogP contribution in [0.1, 0.15) is 100 Å².